The highest BCUT2D eigenvalue weighted by Gasteiger charge is 2.44. The maximum atomic E-state index is 16.5. The summed E-state index contributed by atoms with van der Waals surface area (Å²) in [5.74, 6) is 2.78. The first-order chi connectivity index (χ1) is 40.9. The van der Waals surface area contributed by atoms with E-state index in [2.05, 4.69) is 51.5 Å². The Kier molecular flexibility index (Phi) is 18.0. The van der Waals surface area contributed by atoms with Crippen LogP contribution in [0.3, 0.4) is 0 Å². The summed E-state index contributed by atoms with van der Waals surface area (Å²) in [5.41, 5.74) is 0.128. The number of aliphatic hydroxyl groups excluding tert-OH is 1. The third-order valence-corrected chi connectivity index (χ3v) is 15.7. The number of fused-ring (bicyclic) bond motifs is 5. The highest BCUT2D eigenvalue weighted by atomic mass is 19.1. The number of anilines is 2. The number of phenols is 2. The summed E-state index contributed by atoms with van der Waals surface area (Å²) in [5, 5.41) is 31.1. The van der Waals surface area contributed by atoms with E-state index in [0.29, 0.717) is 78.7 Å². The molecule has 444 valence electrons. The van der Waals surface area contributed by atoms with Crippen LogP contribution in [0.5, 0.6) is 23.5 Å². The molecular weight excluding hydrogens is 1100 g/mol. The lowest BCUT2D eigenvalue weighted by Gasteiger charge is -2.29. The molecular formula is C64H67F5N10O6. The van der Waals surface area contributed by atoms with Gasteiger partial charge in [0.1, 0.15) is 63.4 Å². The monoisotopic (exact) mass is 1170 g/mol. The second kappa shape index (κ2) is 25.6. The lowest BCUT2D eigenvalue weighted by molar-refractivity contribution is 0.122. The van der Waals surface area contributed by atoms with Crippen LogP contribution in [0, 0.1) is 53.4 Å². The Hall–Kier alpha value is -8.21. The maximum absolute atomic E-state index is 16.5. The lowest BCUT2D eigenvalue weighted by Crippen LogP contribution is -2.37. The molecule has 2 unspecified atom stereocenters. The predicted molar refractivity (Wildman–Crippen MR) is 318 cm³/mol. The maximum Gasteiger partial charge on any atom is 0.319 e. The topological polar surface area (TPSA) is 179 Å². The molecule has 1 saturated carbocycles. The van der Waals surface area contributed by atoms with Crippen molar-refractivity contribution >= 4 is 55.0 Å². The Morgan fingerprint density at radius 3 is 1.72 bits per heavy atom. The van der Waals surface area contributed by atoms with Gasteiger partial charge in [-0.05, 0) is 127 Å². The summed E-state index contributed by atoms with van der Waals surface area (Å²) in [6, 6.07) is 11.7. The molecule has 0 amide bonds. The summed E-state index contributed by atoms with van der Waals surface area (Å²) in [4.78, 5) is 35.0. The van der Waals surface area contributed by atoms with Crippen LogP contribution < -0.4 is 19.3 Å². The van der Waals surface area contributed by atoms with Gasteiger partial charge in [-0.25, -0.2) is 22.0 Å². The van der Waals surface area contributed by atoms with Crippen LogP contribution in [0.4, 0.5) is 33.6 Å². The number of terminal acetylenes is 2. The van der Waals surface area contributed by atoms with E-state index in [-0.39, 0.29) is 90.5 Å². The quantitative estimate of drug-likeness (QED) is 0.0869. The van der Waals surface area contributed by atoms with Crippen LogP contribution in [0.25, 0.3) is 65.9 Å². The summed E-state index contributed by atoms with van der Waals surface area (Å²) in [6.45, 7) is 10.3. The van der Waals surface area contributed by atoms with Crippen molar-refractivity contribution in [1.29, 1.82) is 0 Å². The molecule has 0 radical (unpaired) electrons. The molecule has 1 aliphatic carbocycles. The Balaban J connectivity index is 0.000000158. The van der Waals surface area contributed by atoms with E-state index >= 15 is 8.78 Å². The molecule has 4 aromatic carbocycles. The number of nitrogens with zero attached hydrogens (tertiary/aromatic N) is 10. The fraction of sp³-hybridized carbons (Fsp3) is 0.406. The minimum atomic E-state index is -0.743. The van der Waals surface area contributed by atoms with E-state index in [4.69, 9.17) is 32.2 Å². The summed E-state index contributed by atoms with van der Waals surface area (Å²) in [6.07, 6.45) is 20.9. The van der Waals surface area contributed by atoms with Crippen LogP contribution in [0.1, 0.15) is 69.9 Å². The molecule has 0 spiro atoms. The number of pyridine rings is 2. The van der Waals surface area contributed by atoms with Crippen molar-refractivity contribution in [3.63, 3.8) is 0 Å². The number of rotatable bonds is 10. The molecule has 5 fully saturated rings. The van der Waals surface area contributed by atoms with Crippen molar-refractivity contribution in [2.75, 3.05) is 96.6 Å². The predicted octanol–water partition coefficient (Wildman–Crippen LogP) is 10.4. The minimum Gasteiger partial charge on any atom is -0.508 e. The number of aromatic hydroxyl groups is 2. The van der Waals surface area contributed by atoms with Crippen molar-refractivity contribution in [2.45, 2.75) is 77.1 Å². The number of aromatic nitrogens is 6. The number of halogens is 5. The fourth-order valence-corrected chi connectivity index (χ4v) is 11.7. The lowest BCUT2D eigenvalue weighted by atomic mass is 9.96. The zero-order chi connectivity index (χ0) is 60.3. The van der Waals surface area contributed by atoms with E-state index in [1.54, 1.807) is 13.8 Å². The van der Waals surface area contributed by atoms with Crippen LogP contribution in [0.15, 0.2) is 60.9 Å². The Bertz CT molecular complexity index is 3870. The molecule has 0 bridgehead atoms. The summed E-state index contributed by atoms with van der Waals surface area (Å²) >= 11 is 0. The molecule has 85 heavy (non-hydrogen) atoms. The number of hydrogen-bond acceptors (Lipinski definition) is 16. The first-order valence-electron chi connectivity index (χ1n) is 28.4. The molecule has 2 atom stereocenters. The Morgan fingerprint density at radius 1 is 0.729 bits per heavy atom. The minimum absolute atomic E-state index is 0.0177. The summed E-state index contributed by atoms with van der Waals surface area (Å²) in [7, 11) is 5.46. The van der Waals surface area contributed by atoms with Gasteiger partial charge in [-0.1, -0.05) is 24.0 Å². The first-order valence-corrected chi connectivity index (χ1v) is 28.4. The smallest absolute Gasteiger partial charge is 0.319 e. The van der Waals surface area contributed by atoms with E-state index in [0.717, 1.165) is 58.3 Å². The van der Waals surface area contributed by atoms with Gasteiger partial charge in [-0.2, -0.15) is 19.9 Å². The molecule has 8 aromatic rings. The van der Waals surface area contributed by atoms with E-state index in [1.807, 2.05) is 23.9 Å². The van der Waals surface area contributed by atoms with E-state index in [9.17, 15) is 23.4 Å². The molecule has 21 heteroatoms. The average molecular weight is 1170 g/mol. The highest BCUT2D eigenvalue weighted by Crippen LogP contribution is 2.47. The number of aliphatic hydroxyl groups is 1. The molecule has 3 N–H and O–H groups in total. The zero-order valence-corrected chi connectivity index (χ0v) is 48.1. The van der Waals surface area contributed by atoms with Gasteiger partial charge in [0.2, 0.25) is 0 Å². The van der Waals surface area contributed by atoms with Gasteiger partial charge in [0.05, 0.1) is 48.8 Å². The number of morpholine rings is 1. The van der Waals surface area contributed by atoms with Crippen molar-refractivity contribution in [3.8, 4) is 70.7 Å². The van der Waals surface area contributed by atoms with Crippen LogP contribution >= 0.6 is 0 Å². The normalized spacial score (nSPS) is 17.9. The Labute approximate surface area is 489 Å². The zero-order valence-electron chi connectivity index (χ0n) is 48.1. The summed E-state index contributed by atoms with van der Waals surface area (Å²) < 4.78 is 90.9. The number of hydrogen-bond donors (Lipinski definition) is 3. The van der Waals surface area contributed by atoms with Crippen molar-refractivity contribution in [3.05, 3.63) is 95.3 Å². The van der Waals surface area contributed by atoms with Crippen molar-refractivity contribution in [1.82, 2.24) is 39.7 Å². The van der Waals surface area contributed by atoms with E-state index < -0.39 is 29.4 Å². The van der Waals surface area contributed by atoms with Crippen LogP contribution in [-0.2, 0) is 4.74 Å². The molecule has 4 aromatic heterocycles. The third kappa shape index (κ3) is 12.9. The molecule has 8 heterocycles. The number of alkyl halides is 1. The average Bonchev–Trinajstić information content (AvgIpc) is 2.50. The molecule has 16 nitrogen and oxygen atoms in total. The van der Waals surface area contributed by atoms with E-state index in [1.165, 1.54) is 80.9 Å². The second-order valence-electron chi connectivity index (χ2n) is 22.6. The molecule has 5 aliphatic rings. The fourth-order valence-electron chi connectivity index (χ4n) is 11.7. The molecule has 4 aliphatic heterocycles. The van der Waals surface area contributed by atoms with Crippen molar-refractivity contribution in [2.24, 2.45) is 5.41 Å². The highest BCUT2D eigenvalue weighted by molar-refractivity contribution is 6.04. The van der Waals surface area contributed by atoms with Crippen molar-refractivity contribution < 1.29 is 51.5 Å². The van der Waals surface area contributed by atoms with Gasteiger partial charge >= 0.3 is 12.0 Å². The first kappa shape index (κ1) is 59.9. The standard InChI is InChI=1S/C30H29F2N5O3.C24H18F2N4O2.C7H12FN.C3H8O/c1-4-20-23(31)6-5-18-13-19(38)14-21(24(18)20)26-25(32)27-22(15-33-26)28(37-9-11-39-12-10-37)35-29(34-27)40-17-30(7-8-30)16-36(2)3;1-3-15-18(25)7-6-13-10-14(31)11-16(19(13)15)21-20(26)22-17(12-27-21)23(29-24(28-22)32-2)30-8-4-5-9-30;8-6-4-7-2-1-3-9(7)5-6;1-3(2)4/h1,5-6,13-15,38H,7-12,16-17H2,2-3H3;1,6-7,10-12,31H,4-5,8-9H2,2H3;6-7H,1-5H2;3-4H,1-2H3. The van der Waals surface area contributed by atoms with Gasteiger partial charge in [0.15, 0.2) is 11.6 Å². The number of phenolic OH excluding ortho intramolecular Hbond substituents is 2. The van der Waals surface area contributed by atoms with Crippen LogP contribution in [0.2, 0.25) is 0 Å². The van der Waals surface area contributed by atoms with Gasteiger partial charge in [-0.3, -0.25) is 14.9 Å². The Morgan fingerprint density at radius 2 is 1.24 bits per heavy atom. The van der Waals surface area contributed by atoms with Gasteiger partial charge < -0.3 is 44.2 Å². The number of ether oxygens (including phenoxy) is 3. The van der Waals surface area contributed by atoms with Gasteiger partial charge in [0.25, 0.3) is 0 Å². The third-order valence-electron chi connectivity index (χ3n) is 15.7. The number of benzene rings is 4. The molecule has 13 rings (SSSR count). The largest absolute Gasteiger partial charge is 0.508 e. The van der Waals surface area contributed by atoms with Gasteiger partial charge in [-0.15, -0.1) is 12.8 Å². The molecule has 4 saturated heterocycles. The van der Waals surface area contributed by atoms with Crippen LogP contribution in [-0.4, -0.2) is 160 Å². The SMILES string of the molecule is C#Cc1c(F)ccc2cc(O)cc(-c3ncc4c(N5CCCC5)nc(OC)nc4c3F)c12.C#Cc1c(F)ccc2cc(O)cc(-c3ncc4c(N5CCOCC5)nc(OCC5(CN(C)C)CC5)nc4c3F)c12.CC(C)O.FC1CC2CCCN2C1. The number of methoxy groups -OCH3 is 1. The van der Waals surface area contributed by atoms with Gasteiger partial charge in [0, 0.05) is 91.1 Å². The second-order valence-corrected chi connectivity index (χ2v) is 22.6.